The van der Waals surface area contributed by atoms with Crippen molar-refractivity contribution in [3.63, 3.8) is 0 Å². The number of rotatable bonds is 8. The van der Waals surface area contributed by atoms with Crippen LogP contribution >= 0.6 is 12.4 Å². The molecule has 6 heteroatoms. The number of carbonyl (C=O) groups excluding carboxylic acids is 2. The summed E-state index contributed by atoms with van der Waals surface area (Å²) in [6.07, 6.45) is 0.0336. The van der Waals surface area contributed by atoms with Gasteiger partial charge in [-0.3, -0.25) is 14.9 Å². The monoisotopic (exact) mass is 363 g/mol. The highest BCUT2D eigenvalue weighted by Crippen LogP contribution is 2.14. The molecule has 2 aromatic carbocycles. The van der Waals surface area contributed by atoms with Crippen LogP contribution in [0.5, 0.6) is 5.75 Å². The summed E-state index contributed by atoms with van der Waals surface area (Å²) in [5.41, 5.74) is 1.56. The number of methoxy groups -OCH3 is 2. The van der Waals surface area contributed by atoms with Crippen LogP contribution in [0.3, 0.4) is 0 Å². The van der Waals surface area contributed by atoms with Crippen LogP contribution < -0.4 is 10.1 Å². The van der Waals surface area contributed by atoms with Gasteiger partial charge in [-0.25, -0.2) is 0 Å². The number of hydrogen-bond acceptors (Lipinski definition) is 5. The lowest BCUT2D eigenvalue weighted by Crippen LogP contribution is -2.39. The van der Waals surface area contributed by atoms with Gasteiger partial charge in [-0.1, -0.05) is 30.3 Å². The fourth-order valence-corrected chi connectivity index (χ4v) is 2.30. The number of carbonyl (C=O) groups is 2. The van der Waals surface area contributed by atoms with Gasteiger partial charge in [-0.2, -0.15) is 0 Å². The molecule has 0 aliphatic heterocycles. The van der Waals surface area contributed by atoms with Gasteiger partial charge < -0.3 is 9.47 Å². The summed E-state index contributed by atoms with van der Waals surface area (Å²) in [6, 6.07) is 15.8. The minimum Gasteiger partial charge on any atom is -0.497 e. The molecule has 0 saturated heterocycles. The summed E-state index contributed by atoms with van der Waals surface area (Å²) in [5.74, 6) is 0.0969. The highest BCUT2D eigenvalue weighted by molar-refractivity contribution is 5.99. The van der Waals surface area contributed by atoms with Crippen molar-refractivity contribution >= 4 is 24.2 Å². The number of ether oxygens (including phenoxy) is 2. The first kappa shape index (κ1) is 20.7. The fraction of sp³-hybridized carbons (Fsp3) is 0.263. The molecular weight excluding hydrogens is 342 g/mol. The molecule has 1 unspecified atom stereocenters. The normalized spacial score (nSPS) is 11.1. The molecule has 25 heavy (non-hydrogen) atoms. The summed E-state index contributed by atoms with van der Waals surface area (Å²) >= 11 is 0. The van der Waals surface area contributed by atoms with Crippen molar-refractivity contribution in [3.8, 4) is 5.75 Å². The van der Waals surface area contributed by atoms with E-state index in [1.807, 2.05) is 30.3 Å². The van der Waals surface area contributed by atoms with E-state index in [0.717, 1.165) is 5.56 Å². The molecule has 1 N–H and O–H groups in total. The zero-order valence-electron chi connectivity index (χ0n) is 14.2. The molecular formula is C19H22ClNO4. The summed E-state index contributed by atoms with van der Waals surface area (Å²) in [6.45, 7) is 0.483. The minimum absolute atomic E-state index is 0. The van der Waals surface area contributed by atoms with Gasteiger partial charge in [-0.05, 0) is 29.8 Å². The first-order valence-corrected chi connectivity index (χ1v) is 7.66. The summed E-state index contributed by atoms with van der Waals surface area (Å²) in [5, 5.41) is 3.09. The average molecular weight is 364 g/mol. The number of benzene rings is 2. The zero-order chi connectivity index (χ0) is 17.4. The Morgan fingerprint density at radius 3 is 2.20 bits per heavy atom. The predicted molar refractivity (Wildman–Crippen MR) is 98.3 cm³/mol. The first-order valence-electron chi connectivity index (χ1n) is 7.66. The minimum atomic E-state index is -0.690. The molecule has 0 amide bonds. The summed E-state index contributed by atoms with van der Waals surface area (Å²) < 4.78 is 9.88. The Morgan fingerprint density at radius 1 is 1.00 bits per heavy atom. The van der Waals surface area contributed by atoms with Crippen molar-refractivity contribution in [2.24, 2.45) is 0 Å². The van der Waals surface area contributed by atoms with E-state index in [1.165, 1.54) is 7.11 Å². The average Bonchev–Trinajstić information content (AvgIpc) is 2.65. The third-order valence-electron chi connectivity index (χ3n) is 3.68. The number of ketones is 1. The van der Waals surface area contributed by atoms with Crippen molar-refractivity contribution in [2.75, 3.05) is 14.2 Å². The van der Waals surface area contributed by atoms with Crippen molar-refractivity contribution in [1.29, 1.82) is 0 Å². The molecule has 134 valence electrons. The molecule has 2 aromatic rings. The molecule has 0 saturated carbocycles. The molecule has 0 aliphatic carbocycles. The van der Waals surface area contributed by atoms with E-state index in [2.05, 4.69) is 5.32 Å². The van der Waals surface area contributed by atoms with Crippen LogP contribution in [0.4, 0.5) is 0 Å². The lowest BCUT2D eigenvalue weighted by Gasteiger charge is -2.16. The molecule has 0 bridgehead atoms. The van der Waals surface area contributed by atoms with Crippen molar-refractivity contribution in [1.82, 2.24) is 5.32 Å². The lowest BCUT2D eigenvalue weighted by molar-refractivity contribution is -0.143. The van der Waals surface area contributed by atoms with E-state index in [9.17, 15) is 9.59 Å². The van der Waals surface area contributed by atoms with E-state index in [0.29, 0.717) is 17.9 Å². The smallest absolute Gasteiger partial charge is 0.323 e. The number of nitrogens with one attached hydrogen (secondary N) is 1. The second-order valence-corrected chi connectivity index (χ2v) is 5.30. The molecule has 5 nitrogen and oxygen atoms in total. The number of esters is 1. The predicted octanol–water partition coefficient (Wildman–Crippen LogP) is 3.02. The van der Waals surface area contributed by atoms with Gasteiger partial charge >= 0.3 is 5.97 Å². The highest BCUT2D eigenvalue weighted by atomic mass is 35.5. The SMILES string of the molecule is COC(=O)C(CC(=O)c1ccc(OC)cc1)NCc1ccccc1.Cl. The van der Waals surface area contributed by atoms with Crippen LogP contribution in [0.25, 0.3) is 0 Å². The Bertz CT molecular complexity index is 674. The summed E-state index contributed by atoms with van der Waals surface area (Å²) in [7, 11) is 2.88. The second-order valence-electron chi connectivity index (χ2n) is 5.30. The Morgan fingerprint density at radius 2 is 1.64 bits per heavy atom. The Labute approximate surface area is 153 Å². The topological polar surface area (TPSA) is 64.6 Å². The van der Waals surface area contributed by atoms with Gasteiger partial charge in [0.05, 0.1) is 14.2 Å². The zero-order valence-corrected chi connectivity index (χ0v) is 15.0. The molecule has 0 spiro atoms. The van der Waals surface area contributed by atoms with Crippen molar-refractivity contribution in [2.45, 2.75) is 19.0 Å². The lowest BCUT2D eigenvalue weighted by atomic mass is 10.0. The number of Topliss-reactive ketones (excluding diaryl/α,β-unsaturated/α-hetero) is 1. The maximum Gasteiger partial charge on any atom is 0.323 e. The maximum atomic E-state index is 12.4. The second kappa shape index (κ2) is 10.5. The molecule has 0 radical (unpaired) electrons. The van der Waals surface area contributed by atoms with E-state index < -0.39 is 12.0 Å². The quantitative estimate of drug-likeness (QED) is 0.577. The van der Waals surface area contributed by atoms with Crippen LogP contribution in [0.15, 0.2) is 54.6 Å². The standard InChI is InChI=1S/C19H21NO4.ClH/c1-23-16-10-8-15(9-11-16)18(21)12-17(19(22)24-2)20-13-14-6-4-3-5-7-14;/h3-11,17,20H,12-13H2,1-2H3;1H. The van der Waals surface area contributed by atoms with Gasteiger partial charge in [0.1, 0.15) is 11.8 Å². The molecule has 0 fully saturated rings. The number of halogens is 1. The van der Waals surface area contributed by atoms with Crippen molar-refractivity contribution in [3.05, 3.63) is 65.7 Å². The van der Waals surface area contributed by atoms with E-state index in [1.54, 1.807) is 31.4 Å². The highest BCUT2D eigenvalue weighted by Gasteiger charge is 2.22. The van der Waals surface area contributed by atoms with Crippen molar-refractivity contribution < 1.29 is 19.1 Å². The Balaban J connectivity index is 0.00000312. The van der Waals surface area contributed by atoms with Crippen LogP contribution in [0.2, 0.25) is 0 Å². The molecule has 0 heterocycles. The third kappa shape index (κ3) is 6.21. The molecule has 0 aliphatic rings. The largest absolute Gasteiger partial charge is 0.497 e. The van der Waals surface area contributed by atoms with Gasteiger partial charge in [0.25, 0.3) is 0 Å². The van der Waals surface area contributed by atoms with Crippen LogP contribution in [-0.4, -0.2) is 32.0 Å². The first-order chi connectivity index (χ1) is 11.6. The fourth-order valence-electron chi connectivity index (χ4n) is 2.30. The Kier molecular flexibility index (Phi) is 8.67. The van der Waals surface area contributed by atoms with Gasteiger partial charge in [0.15, 0.2) is 5.78 Å². The van der Waals surface area contributed by atoms with Crippen LogP contribution in [0, 0.1) is 0 Å². The van der Waals surface area contributed by atoms with Gasteiger partial charge in [-0.15, -0.1) is 12.4 Å². The van der Waals surface area contributed by atoms with Gasteiger partial charge in [0, 0.05) is 18.5 Å². The van der Waals surface area contributed by atoms with E-state index >= 15 is 0 Å². The third-order valence-corrected chi connectivity index (χ3v) is 3.68. The Hall–Kier alpha value is -2.37. The van der Waals surface area contributed by atoms with E-state index in [4.69, 9.17) is 9.47 Å². The van der Waals surface area contributed by atoms with Crippen LogP contribution in [-0.2, 0) is 16.1 Å². The summed E-state index contributed by atoms with van der Waals surface area (Å²) in [4.78, 5) is 24.3. The van der Waals surface area contributed by atoms with Crippen LogP contribution in [0.1, 0.15) is 22.3 Å². The maximum absolute atomic E-state index is 12.4. The van der Waals surface area contributed by atoms with E-state index in [-0.39, 0.29) is 24.6 Å². The molecule has 1 atom stereocenters. The molecule has 2 rings (SSSR count). The van der Waals surface area contributed by atoms with Gasteiger partial charge in [0.2, 0.25) is 0 Å². The number of hydrogen-bond donors (Lipinski definition) is 1. The molecule has 0 aromatic heterocycles.